The smallest absolute Gasteiger partial charge is 0.322 e. The fourth-order valence-electron chi connectivity index (χ4n) is 0.912. The molecule has 6 nitrogen and oxygen atoms in total. The molecule has 0 aliphatic carbocycles. The zero-order valence-electron chi connectivity index (χ0n) is 6.65. The van der Waals surface area contributed by atoms with Crippen molar-refractivity contribution in [2.24, 2.45) is 11.8 Å². The second kappa shape index (κ2) is 4.68. The molecule has 0 aromatic heterocycles. The van der Waals surface area contributed by atoms with Crippen molar-refractivity contribution in [2.75, 3.05) is 0 Å². The third kappa shape index (κ3) is 2.48. The first kappa shape index (κ1) is 10.9. The Morgan fingerprint density at radius 1 is 1.42 bits per heavy atom. The largest absolute Gasteiger partial charge is 0.481 e. The Labute approximate surface area is 69.3 Å². The number of carbonyl (C=O) groups is 2. The van der Waals surface area contributed by atoms with Gasteiger partial charge in [-0.15, -0.1) is 0 Å². The van der Waals surface area contributed by atoms with Crippen LogP contribution >= 0.6 is 0 Å². The maximum atomic E-state index is 10.5. The summed E-state index contributed by atoms with van der Waals surface area (Å²) in [4.78, 5) is 20.9. The fourth-order valence-corrected chi connectivity index (χ4v) is 0.912. The Bertz CT molecular complexity index is 162. The molecule has 0 amide bonds. The molecule has 0 heterocycles. The van der Waals surface area contributed by atoms with Crippen molar-refractivity contribution in [3.63, 3.8) is 0 Å². The Kier molecular flexibility index (Phi) is 4.24. The average molecular weight is 176 g/mol. The van der Waals surface area contributed by atoms with Crippen molar-refractivity contribution >= 4 is 11.9 Å². The lowest BCUT2D eigenvalue weighted by Crippen LogP contribution is -2.49. The molecule has 6 heteroatoms. The summed E-state index contributed by atoms with van der Waals surface area (Å²) in [5, 5.41) is 17.1. The summed E-state index contributed by atoms with van der Waals surface area (Å²) in [6.07, 6.45) is 0.219. The first-order valence-electron chi connectivity index (χ1n) is 3.46. The van der Waals surface area contributed by atoms with Crippen LogP contribution in [0.1, 0.15) is 13.3 Å². The van der Waals surface area contributed by atoms with E-state index in [0.29, 0.717) is 0 Å². The van der Waals surface area contributed by atoms with Crippen molar-refractivity contribution in [3.05, 3.63) is 0 Å². The summed E-state index contributed by atoms with van der Waals surface area (Å²) in [5.74, 6) is 1.48. The van der Waals surface area contributed by atoms with Crippen LogP contribution in [-0.4, -0.2) is 28.2 Å². The van der Waals surface area contributed by atoms with Gasteiger partial charge in [0.1, 0.15) is 6.04 Å². The van der Waals surface area contributed by atoms with Crippen LogP contribution < -0.4 is 11.3 Å². The van der Waals surface area contributed by atoms with E-state index in [1.54, 1.807) is 6.92 Å². The van der Waals surface area contributed by atoms with E-state index in [2.05, 4.69) is 0 Å². The van der Waals surface area contributed by atoms with E-state index in [4.69, 9.17) is 16.1 Å². The molecule has 0 aromatic rings. The molecule has 2 atom stereocenters. The van der Waals surface area contributed by atoms with Gasteiger partial charge in [-0.1, -0.05) is 6.92 Å². The number of rotatable bonds is 5. The van der Waals surface area contributed by atoms with Gasteiger partial charge in [-0.05, 0) is 6.42 Å². The van der Waals surface area contributed by atoms with E-state index >= 15 is 0 Å². The highest BCUT2D eigenvalue weighted by Gasteiger charge is 2.31. The third-order valence-electron chi connectivity index (χ3n) is 1.61. The van der Waals surface area contributed by atoms with Crippen LogP contribution in [0.15, 0.2) is 0 Å². The first-order valence-corrected chi connectivity index (χ1v) is 3.46. The van der Waals surface area contributed by atoms with Gasteiger partial charge in [0.15, 0.2) is 0 Å². The van der Waals surface area contributed by atoms with Crippen LogP contribution in [0.4, 0.5) is 0 Å². The molecular weight excluding hydrogens is 164 g/mol. The predicted molar refractivity (Wildman–Crippen MR) is 40.2 cm³/mol. The maximum absolute atomic E-state index is 10.5. The Hall–Kier alpha value is -1.14. The van der Waals surface area contributed by atoms with Gasteiger partial charge in [0, 0.05) is 0 Å². The van der Waals surface area contributed by atoms with Gasteiger partial charge in [0.25, 0.3) is 0 Å². The average Bonchev–Trinajstić information content (AvgIpc) is 1.98. The van der Waals surface area contributed by atoms with Crippen molar-refractivity contribution in [1.82, 2.24) is 5.43 Å². The van der Waals surface area contributed by atoms with Crippen LogP contribution in [-0.2, 0) is 9.59 Å². The molecule has 0 aliphatic heterocycles. The number of hydrazine groups is 1. The van der Waals surface area contributed by atoms with E-state index in [1.165, 1.54) is 0 Å². The van der Waals surface area contributed by atoms with E-state index in [0.717, 1.165) is 0 Å². The minimum Gasteiger partial charge on any atom is -0.481 e. The second-order valence-corrected chi connectivity index (χ2v) is 2.34. The Morgan fingerprint density at radius 2 is 1.92 bits per heavy atom. The minimum absolute atomic E-state index is 0.219. The van der Waals surface area contributed by atoms with E-state index in [9.17, 15) is 9.59 Å². The van der Waals surface area contributed by atoms with Gasteiger partial charge < -0.3 is 10.2 Å². The standard InChI is InChI=1S/C6H12N2O4/c1-2-3(5(9)10)4(8-7)6(11)12/h3-4,8H,2,7H2,1H3,(H,9,10)(H,11,12)/t3-,4+/m1/s1. The van der Waals surface area contributed by atoms with E-state index < -0.39 is 23.9 Å². The molecule has 12 heavy (non-hydrogen) atoms. The summed E-state index contributed by atoms with van der Waals surface area (Å²) in [5.41, 5.74) is 1.95. The molecule has 0 aliphatic rings. The number of aliphatic carboxylic acids is 2. The minimum atomic E-state index is -1.26. The van der Waals surface area contributed by atoms with Crippen molar-refractivity contribution in [1.29, 1.82) is 0 Å². The number of nitrogens with two attached hydrogens (primary N) is 1. The molecule has 0 saturated heterocycles. The summed E-state index contributed by atoms with van der Waals surface area (Å²) < 4.78 is 0. The number of carboxylic acids is 2. The van der Waals surface area contributed by atoms with Crippen molar-refractivity contribution in [2.45, 2.75) is 19.4 Å². The predicted octanol–water partition coefficient (Wildman–Crippen LogP) is -0.986. The quantitative estimate of drug-likeness (QED) is 0.316. The molecule has 0 radical (unpaired) electrons. The van der Waals surface area contributed by atoms with Crippen LogP contribution in [0.2, 0.25) is 0 Å². The summed E-state index contributed by atoms with van der Waals surface area (Å²) in [7, 11) is 0. The van der Waals surface area contributed by atoms with Gasteiger partial charge >= 0.3 is 11.9 Å². The maximum Gasteiger partial charge on any atom is 0.322 e. The lowest BCUT2D eigenvalue weighted by atomic mass is 9.98. The summed E-state index contributed by atoms with van der Waals surface area (Å²) in [6, 6.07) is -1.23. The van der Waals surface area contributed by atoms with Gasteiger partial charge in [0.05, 0.1) is 5.92 Å². The zero-order valence-corrected chi connectivity index (χ0v) is 6.65. The molecule has 0 aromatic carbocycles. The van der Waals surface area contributed by atoms with Gasteiger partial charge in [0.2, 0.25) is 0 Å². The Morgan fingerprint density at radius 3 is 2.00 bits per heavy atom. The van der Waals surface area contributed by atoms with E-state index in [1.807, 2.05) is 5.43 Å². The lowest BCUT2D eigenvalue weighted by Gasteiger charge is -2.17. The number of hydrogen-bond acceptors (Lipinski definition) is 4. The van der Waals surface area contributed by atoms with Crippen molar-refractivity contribution in [3.8, 4) is 0 Å². The molecule has 0 unspecified atom stereocenters. The van der Waals surface area contributed by atoms with Crippen LogP contribution in [0, 0.1) is 5.92 Å². The number of hydrogen-bond donors (Lipinski definition) is 4. The molecule has 5 N–H and O–H groups in total. The highest BCUT2D eigenvalue weighted by Crippen LogP contribution is 2.08. The highest BCUT2D eigenvalue weighted by molar-refractivity contribution is 5.82. The van der Waals surface area contributed by atoms with Crippen LogP contribution in [0.3, 0.4) is 0 Å². The molecule has 0 bridgehead atoms. The third-order valence-corrected chi connectivity index (χ3v) is 1.61. The molecule has 70 valence electrons. The molecule has 0 saturated carbocycles. The Balaban J connectivity index is 4.44. The van der Waals surface area contributed by atoms with Crippen LogP contribution in [0.5, 0.6) is 0 Å². The first-order chi connectivity index (χ1) is 5.54. The van der Waals surface area contributed by atoms with Gasteiger partial charge in [-0.2, -0.15) is 0 Å². The molecule has 0 spiro atoms. The number of nitrogens with one attached hydrogen (secondary N) is 1. The highest BCUT2D eigenvalue weighted by atomic mass is 16.4. The topological polar surface area (TPSA) is 113 Å². The van der Waals surface area contributed by atoms with Gasteiger partial charge in [-0.25, -0.2) is 5.43 Å². The second-order valence-electron chi connectivity index (χ2n) is 2.34. The fraction of sp³-hybridized carbons (Fsp3) is 0.667. The summed E-state index contributed by atoms with van der Waals surface area (Å²) >= 11 is 0. The monoisotopic (exact) mass is 176 g/mol. The normalized spacial score (nSPS) is 15.2. The lowest BCUT2D eigenvalue weighted by molar-refractivity contribution is -0.151. The zero-order chi connectivity index (χ0) is 9.72. The van der Waals surface area contributed by atoms with E-state index in [-0.39, 0.29) is 6.42 Å². The number of carboxylic acid groups (broad SMARTS) is 2. The molecular formula is C6H12N2O4. The van der Waals surface area contributed by atoms with Crippen molar-refractivity contribution < 1.29 is 19.8 Å². The van der Waals surface area contributed by atoms with Crippen LogP contribution in [0.25, 0.3) is 0 Å². The summed E-state index contributed by atoms with van der Waals surface area (Å²) in [6.45, 7) is 1.59. The molecule has 0 rings (SSSR count). The SMILES string of the molecule is CC[C@@H](C(=O)O)[C@H](NN)C(=O)O. The van der Waals surface area contributed by atoms with Gasteiger partial charge in [-0.3, -0.25) is 15.4 Å². The molecule has 0 fully saturated rings.